The second-order valence-electron chi connectivity index (χ2n) is 7.64. The number of nitrogens with zero attached hydrogens (tertiary/aromatic N) is 2. The van der Waals surface area contributed by atoms with E-state index >= 15 is 0 Å². The third kappa shape index (κ3) is 2.88. The molecule has 2 aliphatic heterocycles. The van der Waals surface area contributed by atoms with E-state index in [0.29, 0.717) is 12.1 Å². The molecule has 0 radical (unpaired) electrons. The van der Waals surface area contributed by atoms with Crippen LogP contribution >= 0.6 is 0 Å². The van der Waals surface area contributed by atoms with Crippen LogP contribution in [0, 0.1) is 5.92 Å². The van der Waals surface area contributed by atoms with Gasteiger partial charge < -0.3 is 4.79 Å². The number of hydrogen-bond donors (Lipinski definition) is 0. The first-order chi connectivity index (χ1) is 14.3. The third-order valence-electron chi connectivity index (χ3n) is 6.10. The summed E-state index contributed by atoms with van der Waals surface area (Å²) in [5.74, 6) is -0.389. The van der Waals surface area contributed by atoms with Gasteiger partial charge in [0.05, 0.1) is 18.0 Å². The van der Waals surface area contributed by atoms with Crippen molar-refractivity contribution in [2.45, 2.75) is 18.5 Å². The molecule has 0 spiro atoms. The number of hydrogen-bond acceptors (Lipinski definition) is 3. The fourth-order valence-corrected chi connectivity index (χ4v) is 4.85. The van der Waals surface area contributed by atoms with Crippen LogP contribution in [0.25, 0.3) is 0 Å². The fraction of sp³-hybridized carbons (Fsp3) is 0.200. The van der Waals surface area contributed by atoms with E-state index in [-0.39, 0.29) is 23.9 Å². The van der Waals surface area contributed by atoms with Crippen molar-refractivity contribution in [1.29, 1.82) is 0 Å². The Bertz CT molecular complexity index is 1030. The van der Waals surface area contributed by atoms with Crippen LogP contribution in [0.2, 0.25) is 0 Å². The minimum Gasteiger partial charge on any atom is -0.303 e. The first-order valence-corrected chi connectivity index (χ1v) is 10.0. The lowest BCUT2D eigenvalue weighted by Gasteiger charge is -2.38. The predicted octanol–water partition coefficient (Wildman–Crippen LogP) is 4.21. The van der Waals surface area contributed by atoms with Gasteiger partial charge >= 0.3 is 0 Å². The van der Waals surface area contributed by atoms with Crippen LogP contribution in [-0.2, 0) is 11.2 Å². The Morgan fingerprint density at radius 3 is 2.21 bits per heavy atom. The van der Waals surface area contributed by atoms with Gasteiger partial charge in [0.1, 0.15) is 6.29 Å². The summed E-state index contributed by atoms with van der Waals surface area (Å²) in [4.78, 5) is 26.0. The summed E-state index contributed by atoms with van der Waals surface area (Å²) in [6, 6.07) is 27.1. The van der Waals surface area contributed by atoms with Crippen LogP contribution in [0.15, 0.2) is 84.9 Å². The SMILES string of the molecule is O=C[C@@H]1[C@H]2c3ccccc3CCN2N(C(=O)c2ccccc2)[C@H]1c1ccccc1. The summed E-state index contributed by atoms with van der Waals surface area (Å²) in [5, 5.41) is 3.96. The Kier molecular flexibility index (Phi) is 4.49. The van der Waals surface area contributed by atoms with E-state index in [9.17, 15) is 9.59 Å². The summed E-state index contributed by atoms with van der Waals surface area (Å²) in [5.41, 5.74) is 4.04. The van der Waals surface area contributed by atoms with Gasteiger partial charge in [-0.3, -0.25) is 9.80 Å². The number of carbonyl (C=O) groups is 2. The lowest BCUT2D eigenvalue weighted by molar-refractivity contribution is -0.112. The van der Waals surface area contributed by atoms with E-state index in [0.717, 1.165) is 23.8 Å². The van der Waals surface area contributed by atoms with Crippen molar-refractivity contribution in [2.75, 3.05) is 6.54 Å². The van der Waals surface area contributed by atoms with Crippen LogP contribution in [0.3, 0.4) is 0 Å². The molecule has 4 heteroatoms. The van der Waals surface area contributed by atoms with Gasteiger partial charge in [0, 0.05) is 12.1 Å². The van der Waals surface area contributed by atoms with E-state index in [2.05, 4.69) is 17.1 Å². The fourth-order valence-electron chi connectivity index (χ4n) is 4.85. The van der Waals surface area contributed by atoms with Crippen LogP contribution in [0.5, 0.6) is 0 Å². The molecule has 0 bridgehead atoms. The number of carbonyl (C=O) groups excluding carboxylic acids is 2. The molecule has 0 N–H and O–H groups in total. The normalized spacial score (nSPS) is 23.3. The maximum atomic E-state index is 13.6. The zero-order chi connectivity index (χ0) is 19.8. The summed E-state index contributed by atoms with van der Waals surface area (Å²) < 4.78 is 0. The average Bonchev–Trinajstić information content (AvgIpc) is 3.14. The molecular formula is C25H22N2O2. The summed E-state index contributed by atoms with van der Waals surface area (Å²) in [7, 11) is 0. The first-order valence-electron chi connectivity index (χ1n) is 10.0. The van der Waals surface area contributed by atoms with Gasteiger partial charge in [-0.1, -0.05) is 72.8 Å². The zero-order valence-electron chi connectivity index (χ0n) is 16.0. The highest BCUT2D eigenvalue weighted by atomic mass is 16.2. The van der Waals surface area contributed by atoms with Gasteiger partial charge in [-0.2, -0.15) is 0 Å². The molecule has 0 unspecified atom stereocenters. The number of amides is 1. The smallest absolute Gasteiger partial charge is 0.268 e. The minimum atomic E-state index is -0.327. The molecule has 2 heterocycles. The summed E-state index contributed by atoms with van der Waals surface area (Å²) >= 11 is 0. The topological polar surface area (TPSA) is 40.6 Å². The van der Waals surface area contributed by atoms with Crippen molar-refractivity contribution < 1.29 is 9.59 Å². The standard InChI is InChI=1S/C25H22N2O2/c28-17-22-23(19-10-3-1-4-11-19)27(25(29)20-12-5-2-6-13-20)26-16-15-18-9-7-8-14-21(18)24(22)26/h1-14,17,22-24H,15-16H2/t22-,23-,24+/m0/s1. The minimum absolute atomic E-state index is 0.0619. The zero-order valence-corrected chi connectivity index (χ0v) is 16.0. The quantitative estimate of drug-likeness (QED) is 0.637. The van der Waals surface area contributed by atoms with Gasteiger partial charge in [-0.25, -0.2) is 5.01 Å². The predicted molar refractivity (Wildman–Crippen MR) is 111 cm³/mol. The molecule has 2 aliphatic rings. The lowest BCUT2D eigenvalue weighted by Crippen LogP contribution is -2.45. The van der Waals surface area contributed by atoms with E-state index < -0.39 is 0 Å². The number of rotatable bonds is 3. The highest BCUT2D eigenvalue weighted by Crippen LogP contribution is 2.50. The molecule has 1 saturated heterocycles. The lowest BCUT2D eigenvalue weighted by atomic mass is 9.83. The largest absolute Gasteiger partial charge is 0.303 e. The Hall–Kier alpha value is -3.24. The molecule has 3 aromatic carbocycles. The molecule has 3 aromatic rings. The van der Waals surface area contributed by atoms with Crippen molar-refractivity contribution in [3.8, 4) is 0 Å². The van der Waals surface area contributed by atoms with Gasteiger partial charge in [0.15, 0.2) is 0 Å². The van der Waals surface area contributed by atoms with Crippen molar-refractivity contribution >= 4 is 12.2 Å². The molecule has 0 aliphatic carbocycles. The van der Waals surface area contributed by atoms with Crippen molar-refractivity contribution in [3.05, 3.63) is 107 Å². The van der Waals surface area contributed by atoms with Crippen LogP contribution in [-0.4, -0.2) is 28.8 Å². The maximum absolute atomic E-state index is 13.6. The molecule has 1 amide bonds. The van der Waals surface area contributed by atoms with E-state index in [4.69, 9.17) is 0 Å². The van der Waals surface area contributed by atoms with Gasteiger partial charge in [0.2, 0.25) is 0 Å². The van der Waals surface area contributed by atoms with Gasteiger partial charge in [0.25, 0.3) is 5.91 Å². The van der Waals surface area contributed by atoms with Crippen LogP contribution in [0.1, 0.15) is 39.1 Å². The van der Waals surface area contributed by atoms with Gasteiger partial charge in [-0.15, -0.1) is 0 Å². The van der Waals surface area contributed by atoms with Gasteiger partial charge in [-0.05, 0) is 35.2 Å². The highest BCUT2D eigenvalue weighted by Gasteiger charge is 2.52. The number of hydrazine groups is 1. The Morgan fingerprint density at radius 2 is 1.48 bits per heavy atom. The number of fused-ring (bicyclic) bond motifs is 3. The Morgan fingerprint density at radius 1 is 0.828 bits per heavy atom. The van der Waals surface area contributed by atoms with Crippen LogP contribution in [0.4, 0.5) is 0 Å². The number of benzene rings is 3. The summed E-state index contributed by atoms with van der Waals surface area (Å²) in [6.07, 6.45) is 1.90. The second-order valence-corrected chi connectivity index (χ2v) is 7.64. The molecule has 144 valence electrons. The molecule has 4 nitrogen and oxygen atoms in total. The highest BCUT2D eigenvalue weighted by molar-refractivity contribution is 5.94. The van der Waals surface area contributed by atoms with E-state index in [1.165, 1.54) is 5.56 Å². The molecule has 5 rings (SSSR count). The second kappa shape index (κ2) is 7.30. The Labute approximate surface area is 170 Å². The first kappa shape index (κ1) is 17.8. The molecule has 3 atom stereocenters. The Balaban J connectivity index is 1.67. The monoisotopic (exact) mass is 382 g/mol. The molecule has 29 heavy (non-hydrogen) atoms. The molecule has 0 aromatic heterocycles. The molecular weight excluding hydrogens is 360 g/mol. The maximum Gasteiger partial charge on any atom is 0.268 e. The van der Waals surface area contributed by atoms with Crippen molar-refractivity contribution in [2.24, 2.45) is 5.92 Å². The van der Waals surface area contributed by atoms with E-state index in [1.807, 2.05) is 77.8 Å². The summed E-state index contributed by atoms with van der Waals surface area (Å²) in [6.45, 7) is 0.716. The van der Waals surface area contributed by atoms with E-state index in [1.54, 1.807) is 0 Å². The average molecular weight is 382 g/mol. The van der Waals surface area contributed by atoms with Crippen molar-refractivity contribution in [3.63, 3.8) is 0 Å². The number of aldehydes is 1. The van der Waals surface area contributed by atoms with Crippen molar-refractivity contribution in [1.82, 2.24) is 10.0 Å². The third-order valence-corrected chi connectivity index (χ3v) is 6.10. The molecule has 0 saturated carbocycles. The molecule has 1 fully saturated rings. The van der Waals surface area contributed by atoms with Crippen LogP contribution < -0.4 is 0 Å².